The second kappa shape index (κ2) is 39.0. The monoisotopic (exact) mass is 1210 g/mol. The minimum absolute atomic E-state index is 0.109. The summed E-state index contributed by atoms with van der Waals surface area (Å²) in [5.74, 6) is 0. The van der Waals surface area contributed by atoms with Gasteiger partial charge in [-0.15, -0.1) is 0 Å². The van der Waals surface area contributed by atoms with Crippen molar-refractivity contribution >= 4 is 23.2 Å². The minimum atomic E-state index is -4.29. The van der Waals surface area contributed by atoms with Crippen molar-refractivity contribution in [3.8, 4) is 0 Å². The molecule has 84 heavy (non-hydrogen) atoms. The molecule has 0 radical (unpaired) electrons. The summed E-state index contributed by atoms with van der Waals surface area (Å²) < 4.78 is 53.9. The van der Waals surface area contributed by atoms with E-state index >= 15 is 0 Å². The Labute approximate surface area is 520 Å². The van der Waals surface area contributed by atoms with Crippen LogP contribution in [0.15, 0.2) is 108 Å². The largest absolute Gasteiger partial charge is 0.416 e. The Morgan fingerprint density at radius 1 is 0.452 bits per heavy atom. The average molecular weight is 1220 g/mol. The van der Waals surface area contributed by atoms with Gasteiger partial charge >= 0.3 is 6.18 Å². The third kappa shape index (κ3) is 29.8. The number of alkyl halides is 3. The molecular formula is C71H116Cl2F3N5O3. The van der Waals surface area contributed by atoms with E-state index in [9.17, 15) is 13.2 Å². The number of rotatable bonds is 21. The third-order valence-electron chi connectivity index (χ3n) is 16.2. The van der Waals surface area contributed by atoms with Gasteiger partial charge in [-0.2, -0.15) is 13.2 Å². The van der Waals surface area contributed by atoms with Crippen LogP contribution in [0.3, 0.4) is 0 Å². The fourth-order valence-electron chi connectivity index (χ4n) is 11.4. The van der Waals surface area contributed by atoms with Gasteiger partial charge in [0.2, 0.25) is 0 Å². The second-order valence-corrected chi connectivity index (χ2v) is 26.7. The van der Waals surface area contributed by atoms with E-state index in [4.69, 9.17) is 48.9 Å². The number of hydrogen-bond donors (Lipinski definition) is 2. The van der Waals surface area contributed by atoms with E-state index < -0.39 is 11.7 Å². The van der Waals surface area contributed by atoms with Crippen molar-refractivity contribution in [2.45, 2.75) is 234 Å². The highest BCUT2D eigenvalue weighted by atomic mass is 35.5. The van der Waals surface area contributed by atoms with Gasteiger partial charge in [0.1, 0.15) is 0 Å². The first-order valence-corrected chi connectivity index (χ1v) is 32.3. The van der Waals surface area contributed by atoms with Crippen LogP contribution in [0.1, 0.15) is 198 Å². The Bertz CT molecular complexity index is 2290. The number of likely N-dealkylation sites (tertiary alicyclic amines) is 3. The Morgan fingerprint density at radius 3 is 0.929 bits per heavy atom. The molecule has 13 heteroatoms. The van der Waals surface area contributed by atoms with E-state index in [1.165, 1.54) is 40.0 Å². The molecule has 0 saturated carbocycles. The SMILES string of the molecule is CC(C)=CC(CC(C)(C)c1ccc(C(F)(F)F)cc1)N1CCC(N)CC1.CC(C)=CC(CC(C)(C)c1ccc(Cl)cc1)N1CCC(N)CC1.CCOC1CCN(C(C=C(C)C)CC(C)(C)c2ccc(Cl)cc2)CC1.CCOCC.CCOCC. The number of halogens is 5. The number of hydrogen-bond acceptors (Lipinski definition) is 8. The molecule has 6 rings (SSSR count). The molecule has 8 nitrogen and oxygen atoms in total. The van der Waals surface area contributed by atoms with E-state index in [1.807, 2.05) is 52.0 Å². The van der Waals surface area contributed by atoms with Gasteiger partial charge in [-0.25, -0.2) is 0 Å². The normalized spacial score (nSPS) is 17.3. The van der Waals surface area contributed by atoms with Crippen molar-refractivity contribution in [1.29, 1.82) is 0 Å². The fourth-order valence-corrected chi connectivity index (χ4v) is 11.6. The van der Waals surface area contributed by atoms with Gasteiger partial charge in [0.25, 0.3) is 0 Å². The van der Waals surface area contributed by atoms with E-state index in [1.54, 1.807) is 12.1 Å². The molecule has 3 fully saturated rings. The molecule has 0 bridgehead atoms. The molecule has 0 aromatic heterocycles. The quantitative estimate of drug-likeness (QED) is 0.102. The summed E-state index contributed by atoms with van der Waals surface area (Å²) in [5.41, 5.74) is 19.2. The van der Waals surface area contributed by atoms with Gasteiger partial charge in [0.15, 0.2) is 0 Å². The van der Waals surface area contributed by atoms with Crippen LogP contribution in [0.5, 0.6) is 0 Å². The molecule has 4 N–H and O–H groups in total. The molecule has 3 heterocycles. The van der Waals surface area contributed by atoms with Crippen LogP contribution in [0.25, 0.3) is 0 Å². The lowest BCUT2D eigenvalue weighted by Crippen LogP contribution is -2.46. The average Bonchev–Trinajstić information content (AvgIpc) is 3.61. The van der Waals surface area contributed by atoms with Gasteiger partial charge < -0.3 is 25.7 Å². The van der Waals surface area contributed by atoms with Crippen LogP contribution in [0.2, 0.25) is 10.0 Å². The smallest absolute Gasteiger partial charge is 0.382 e. The van der Waals surface area contributed by atoms with Gasteiger partial charge in [-0.3, -0.25) is 14.7 Å². The zero-order valence-corrected chi connectivity index (χ0v) is 56.9. The zero-order valence-electron chi connectivity index (χ0n) is 55.4. The van der Waals surface area contributed by atoms with E-state index in [2.05, 4.69) is 147 Å². The molecule has 3 aromatic rings. The third-order valence-corrected chi connectivity index (χ3v) is 16.7. The molecular weight excluding hydrogens is 1100 g/mol. The molecule has 3 unspecified atom stereocenters. The first kappa shape index (κ1) is 77.0. The Balaban J connectivity index is 0.000000397. The lowest BCUT2D eigenvalue weighted by atomic mass is 9.78. The number of nitrogens with two attached hydrogens (primary N) is 2. The van der Waals surface area contributed by atoms with Crippen LogP contribution in [0, 0.1) is 0 Å². The highest BCUT2D eigenvalue weighted by Crippen LogP contribution is 2.37. The summed E-state index contributed by atoms with van der Waals surface area (Å²) in [6.07, 6.45) is 12.9. The highest BCUT2D eigenvalue weighted by Gasteiger charge is 2.35. The standard InChI is InChI=1S/C22H34ClNO.C21H31F3N2.C20H31ClN2.2C4H10O/c1-6-25-21-11-13-24(14-12-21)20(15-17(2)3)16-22(4,5)18-7-9-19(23)10-8-18;1-15(2)13-19(26-11-9-18(25)10-12-26)14-20(3,4)16-5-7-17(8-6-16)21(22,23)24;1-15(2)13-19(23-11-9-18(22)10-12-23)14-20(3,4)16-5-7-17(21)8-6-16;2*1-3-5-4-2/h7-10,15,20-21H,6,11-14,16H2,1-5H3;5-8,13,18-19H,9-12,14,25H2,1-4H3;5-8,13,18-19H,9-12,14,22H2,1-4H3;2*3-4H2,1-2H3. The summed E-state index contributed by atoms with van der Waals surface area (Å²) >= 11 is 12.1. The van der Waals surface area contributed by atoms with Crippen LogP contribution in [0.4, 0.5) is 13.2 Å². The summed E-state index contributed by atoms with van der Waals surface area (Å²) in [6, 6.07) is 24.1. The van der Waals surface area contributed by atoms with Crippen LogP contribution >= 0.6 is 23.2 Å². The molecule has 3 aliphatic rings. The fraction of sp³-hybridized carbons (Fsp3) is 0.662. The Kier molecular flexibility index (Phi) is 35.8. The number of nitrogens with zero attached hydrogens (tertiary/aromatic N) is 3. The van der Waals surface area contributed by atoms with Crippen molar-refractivity contribution < 1.29 is 27.4 Å². The molecule has 3 aliphatic heterocycles. The van der Waals surface area contributed by atoms with Crippen LogP contribution in [-0.4, -0.2) is 123 Å². The summed E-state index contributed by atoms with van der Waals surface area (Å²) in [5, 5.41) is 1.61. The van der Waals surface area contributed by atoms with E-state index in [0.29, 0.717) is 24.2 Å². The Hall–Kier alpha value is -3.07. The van der Waals surface area contributed by atoms with Crippen LogP contribution < -0.4 is 11.5 Å². The van der Waals surface area contributed by atoms with Crippen molar-refractivity contribution in [3.63, 3.8) is 0 Å². The van der Waals surface area contributed by atoms with Crippen LogP contribution in [-0.2, 0) is 36.6 Å². The number of benzene rings is 3. The highest BCUT2D eigenvalue weighted by molar-refractivity contribution is 6.30. The lowest BCUT2D eigenvalue weighted by molar-refractivity contribution is -0.137. The maximum Gasteiger partial charge on any atom is 0.416 e. The first-order chi connectivity index (χ1) is 39.4. The predicted octanol–water partition coefficient (Wildman–Crippen LogP) is 17.8. The Morgan fingerprint density at radius 2 is 0.702 bits per heavy atom. The predicted molar refractivity (Wildman–Crippen MR) is 355 cm³/mol. The van der Waals surface area contributed by atoms with Gasteiger partial charge in [-0.05, 0) is 203 Å². The van der Waals surface area contributed by atoms with Gasteiger partial charge in [-0.1, -0.05) is 136 Å². The molecule has 0 spiro atoms. The van der Waals surface area contributed by atoms with E-state index in [-0.39, 0.29) is 28.3 Å². The maximum atomic E-state index is 12.8. The van der Waals surface area contributed by atoms with Gasteiger partial charge in [0, 0.05) is 113 Å². The molecule has 0 aliphatic carbocycles. The summed E-state index contributed by atoms with van der Waals surface area (Å²) in [7, 11) is 0. The number of ether oxygens (including phenoxy) is 3. The maximum absolute atomic E-state index is 12.8. The number of allylic oxidation sites excluding steroid dienone is 3. The van der Waals surface area contributed by atoms with Crippen molar-refractivity contribution in [2.24, 2.45) is 11.5 Å². The molecule has 0 amide bonds. The molecule has 3 saturated heterocycles. The summed E-state index contributed by atoms with van der Waals surface area (Å²) in [6.45, 7) is 47.2. The lowest BCUT2D eigenvalue weighted by Gasteiger charge is -2.40. The number of piperidine rings is 3. The second-order valence-electron chi connectivity index (χ2n) is 25.8. The van der Waals surface area contributed by atoms with E-state index in [0.717, 1.165) is 146 Å². The summed E-state index contributed by atoms with van der Waals surface area (Å²) in [4.78, 5) is 7.70. The van der Waals surface area contributed by atoms with Crippen molar-refractivity contribution in [1.82, 2.24) is 14.7 Å². The first-order valence-electron chi connectivity index (χ1n) is 31.6. The zero-order chi connectivity index (χ0) is 63.3. The van der Waals surface area contributed by atoms with Gasteiger partial charge in [0.05, 0.1) is 11.7 Å². The molecule has 3 atom stereocenters. The topological polar surface area (TPSA) is 89.5 Å². The van der Waals surface area contributed by atoms with Crippen molar-refractivity contribution in [3.05, 3.63) is 140 Å². The van der Waals surface area contributed by atoms with Crippen molar-refractivity contribution in [2.75, 3.05) is 72.3 Å². The molecule has 3 aromatic carbocycles. The minimum Gasteiger partial charge on any atom is -0.382 e. The molecule has 478 valence electrons.